The summed E-state index contributed by atoms with van der Waals surface area (Å²) in [6.07, 6.45) is 4.96. The lowest BCUT2D eigenvalue weighted by atomic mass is 9.88. The minimum absolute atomic E-state index is 0.0891. The molecule has 2 rings (SSSR count). The predicted molar refractivity (Wildman–Crippen MR) is 48.8 cm³/mol. The topological polar surface area (TPSA) is 0 Å². The highest BCUT2D eigenvalue weighted by molar-refractivity contribution is 5.57. The van der Waals surface area contributed by atoms with Crippen molar-refractivity contribution in [1.29, 1.82) is 0 Å². The van der Waals surface area contributed by atoms with Gasteiger partial charge in [-0.25, -0.2) is 0 Å². The van der Waals surface area contributed by atoms with Crippen molar-refractivity contribution in [2.24, 2.45) is 0 Å². The molecule has 0 amide bonds. The zero-order valence-corrected chi connectivity index (χ0v) is 6.83. The second-order valence-electron chi connectivity index (χ2n) is 3.12. The molecule has 1 aliphatic carbocycles. The highest BCUT2D eigenvalue weighted by atomic mass is 19.1. The number of fused-ring (bicyclic) bond motifs is 1. The van der Waals surface area contributed by atoms with E-state index in [1.165, 1.54) is 5.56 Å². The molecule has 0 radical (unpaired) electrons. The van der Waals surface area contributed by atoms with Crippen LogP contribution in [0.3, 0.4) is 0 Å². The van der Waals surface area contributed by atoms with Crippen molar-refractivity contribution in [2.45, 2.75) is 12.3 Å². The van der Waals surface area contributed by atoms with E-state index in [2.05, 4.69) is 6.08 Å². The Balaban J connectivity index is 2.45. The van der Waals surface area contributed by atoms with Gasteiger partial charge in [-0.15, -0.1) is 0 Å². The summed E-state index contributed by atoms with van der Waals surface area (Å²) in [7, 11) is 0. The standard InChI is InChI=1S/C11H11F/c12-8-10-6-3-5-9-4-1-2-7-11(9)10/h1-5,7,10H,6,8H2. The fraction of sp³-hybridized carbons (Fsp3) is 0.273. The van der Waals surface area contributed by atoms with Gasteiger partial charge in [0.1, 0.15) is 0 Å². The summed E-state index contributed by atoms with van der Waals surface area (Å²) in [6, 6.07) is 8.02. The van der Waals surface area contributed by atoms with Crippen LogP contribution in [0.25, 0.3) is 6.08 Å². The molecule has 1 aromatic rings. The third-order valence-corrected chi connectivity index (χ3v) is 2.34. The van der Waals surface area contributed by atoms with E-state index in [0.717, 1.165) is 12.0 Å². The molecule has 0 heterocycles. The Morgan fingerprint density at radius 2 is 2.17 bits per heavy atom. The quantitative estimate of drug-likeness (QED) is 0.595. The lowest BCUT2D eigenvalue weighted by Crippen LogP contribution is -2.04. The normalized spacial score (nSPS) is 20.6. The van der Waals surface area contributed by atoms with E-state index in [9.17, 15) is 4.39 Å². The highest BCUT2D eigenvalue weighted by Crippen LogP contribution is 2.29. The largest absolute Gasteiger partial charge is 0.250 e. The summed E-state index contributed by atoms with van der Waals surface area (Å²) < 4.78 is 12.5. The smallest absolute Gasteiger partial charge is 0.0966 e. The van der Waals surface area contributed by atoms with Crippen LogP contribution in [0.5, 0.6) is 0 Å². The zero-order valence-electron chi connectivity index (χ0n) is 6.83. The van der Waals surface area contributed by atoms with Crippen LogP contribution in [-0.2, 0) is 0 Å². The fourth-order valence-corrected chi connectivity index (χ4v) is 1.67. The molecule has 1 atom stereocenters. The predicted octanol–water partition coefficient (Wildman–Crippen LogP) is 3.16. The van der Waals surface area contributed by atoms with Gasteiger partial charge in [0.05, 0.1) is 6.67 Å². The Morgan fingerprint density at radius 1 is 1.33 bits per heavy atom. The summed E-state index contributed by atoms with van der Waals surface area (Å²) in [4.78, 5) is 0. The molecule has 0 saturated heterocycles. The van der Waals surface area contributed by atoms with Gasteiger partial charge in [0.15, 0.2) is 0 Å². The lowest BCUT2D eigenvalue weighted by Gasteiger charge is -2.18. The SMILES string of the molecule is FCC1CC=Cc2ccccc21. The van der Waals surface area contributed by atoms with Crippen LogP contribution in [0, 0.1) is 0 Å². The number of halogens is 1. The van der Waals surface area contributed by atoms with Crippen molar-refractivity contribution in [1.82, 2.24) is 0 Å². The van der Waals surface area contributed by atoms with Crippen molar-refractivity contribution in [3.63, 3.8) is 0 Å². The molecule has 0 aromatic heterocycles. The first kappa shape index (κ1) is 7.53. The molecule has 1 aromatic carbocycles. The monoisotopic (exact) mass is 162 g/mol. The minimum atomic E-state index is -0.249. The van der Waals surface area contributed by atoms with Crippen LogP contribution in [0.2, 0.25) is 0 Å². The Labute approximate surface area is 71.7 Å². The van der Waals surface area contributed by atoms with Crippen molar-refractivity contribution >= 4 is 6.08 Å². The number of hydrogen-bond acceptors (Lipinski definition) is 0. The average molecular weight is 162 g/mol. The van der Waals surface area contributed by atoms with Gasteiger partial charge < -0.3 is 0 Å². The Hall–Kier alpha value is -1.11. The molecular weight excluding hydrogens is 151 g/mol. The zero-order chi connectivity index (χ0) is 8.39. The van der Waals surface area contributed by atoms with E-state index in [1.807, 2.05) is 30.3 Å². The Bertz CT molecular complexity index is 302. The molecule has 0 bridgehead atoms. The number of hydrogen-bond donors (Lipinski definition) is 0. The maximum absolute atomic E-state index is 12.5. The van der Waals surface area contributed by atoms with E-state index in [0.29, 0.717) is 0 Å². The van der Waals surface area contributed by atoms with Gasteiger partial charge >= 0.3 is 0 Å². The summed E-state index contributed by atoms with van der Waals surface area (Å²) in [5.41, 5.74) is 2.33. The van der Waals surface area contributed by atoms with E-state index in [-0.39, 0.29) is 12.6 Å². The van der Waals surface area contributed by atoms with Crippen LogP contribution in [0.4, 0.5) is 4.39 Å². The second-order valence-corrected chi connectivity index (χ2v) is 3.12. The first-order valence-electron chi connectivity index (χ1n) is 4.23. The molecular formula is C11H11F. The third-order valence-electron chi connectivity index (χ3n) is 2.34. The molecule has 0 nitrogen and oxygen atoms in total. The van der Waals surface area contributed by atoms with Gasteiger partial charge in [-0.2, -0.15) is 0 Å². The Kier molecular flexibility index (Phi) is 1.94. The molecule has 1 heteroatoms. The molecule has 1 unspecified atom stereocenters. The summed E-state index contributed by atoms with van der Waals surface area (Å²) in [5.74, 6) is 0.0891. The molecule has 62 valence electrons. The molecule has 1 aliphatic rings. The number of allylic oxidation sites excluding steroid dienone is 1. The van der Waals surface area contributed by atoms with Gasteiger partial charge in [-0.05, 0) is 17.5 Å². The highest BCUT2D eigenvalue weighted by Gasteiger charge is 2.15. The maximum atomic E-state index is 12.5. The molecule has 0 aliphatic heterocycles. The number of benzene rings is 1. The van der Waals surface area contributed by atoms with Gasteiger partial charge in [0.25, 0.3) is 0 Å². The van der Waals surface area contributed by atoms with Crippen molar-refractivity contribution in [3.8, 4) is 0 Å². The van der Waals surface area contributed by atoms with Gasteiger partial charge in [-0.1, -0.05) is 36.4 Å². The summed E-state index contributed by atoms with van der Waals surface area (Å²) in [5, 5.41) is 0. The molecule has 0 saturated carbocycles. The van der Waals surface area contributed by atoms with E-state index in [4.69, 9.17) is 0 Å². The molecule has 0 N–H and O–H groups in total. The van der Waals surface area contributed by atoms with Gasteiger partial charge in [0.2, 0.25) is 0 Å². The minimum Gasteiger partial charge on any atom is -0.250 e. The van der Waals surface area contributed by atoms with Crippen LogP contribution in [-0.4, -0.2) is 6.67 Å². The summed E-state index contributed by atoms with van der Waals surface area (Å²) >= 11 is 0. The van der Waals surface area contributed by atoms with E-state index in [1.54, 1.807) is 0 Å². The van der Waals surface area contributed by atoms with Crippen molar-refractivity contribution in [2.75, 3.05) is 6.67 Å². The Morgan fingerprint density at radius 3 is 3.00 bits per heavy atom. The van der Waals surface area contributed by atoms with Crippen molar-refractivity contribution < 1.29 is 4.39 Å². The molecule has 0 fully saturated rings. The fourth-order valence-electron chi connectivity index (χ4n) is 1.67. The van der Waals surface area contributed by atoms with E-state index >= 15 is 0 Å². The molecule has 0 spiro atoms. The molecule has 12 heavy (non-hydrogen) atoms. The van der Waals surface area contributed by atoms with Crippen LogP contribution in [0.15, 0.2) is 30.3 Å². The van der Waals surface area contributed by atoms with Crippen molar-refractivity contribution in [3.05, 3.63) is 41.5 Å². The first-order valence-corrected chi connectivity index (χ1v) is 4.23. The van der Waals surface area contributed by atoms with Crippen LogP contribution >= 0.6 is 0 Å². The van der Waals surface area contributed by atoms with Gasteiger partial charge in [0, 0.05) is 5.92 Å². The lowest BCUT2D eigenvalue weighted by molar-refractivity contribution is 0.430. The third kappa shape index (κ3) is 1.15. The summed E-state index contributed by atoms with van der Waals surface area (Å²) in [6.45, 7) is -0.249. The second kappa shape index (κ2) is 3.10. The average Bonchev–Trinajstić information content (AvgIpc) is 2.17. The van der Waals surface area contributed by atoms with Crippen LogP contribution < -0.4 is 0 Å². The van der Waals surface area contributed by atoms with E-state index < -0.39 is 0 Å². The number of alkyl halides is 1. The number of rotatable bonds is 1. The van der Waals surface area contributed by atoms with Gasteiger partial charge in [-0.3, -0.25) is 4.39 Å². The maximum Gasteiger partial charge on any atom is 0.0966 e. The first-order chi connectivity index (χ1) is 5.92. The van der Waals surface area contributed by atoms with Crippen LogP contribution in [0.1, 0.15) is 23.5 Å².